The van der Waals surface area contributed by atoms with Crippen LogP contribution in [0.4, 0.5) is 5.69 Å². The van der Waals surface area contributed by atoms with Crippen LogP contribution in [0.25, 0.3) is 0 Å². The molecule has 2 N–H and O–H groups in total. The third-order valence-corrected chi connectivity index (χ3v) is 5.35. The van der Waals surface area contributed by atoms with Crippen molar-refractivity contribution in [2.75, 3.05) is 11.4 Å². The van der Waals surface area contributed by atoms with Gasteiger partial charge in [-0.15, -0.1) is 0 Å². The lowest BCUT2D eigenvalue weighted by molar-refractivity contribution is -0.121. The second-order valence-electron chi connectivity index (χ2n) is 6.89. The molecule has 1 heterocycles. The predicted octanol–water partition coefficient (Wildman–Crippen LogP) is 3.26. The minimum absolute atomic E-state index is 0.0482. The molecule has 3 heteroatoms. The van der Waals surface area contributed by atoms with Crippen molar-refractivity contribution < 1.29 is 4.79 Å². The number of rotatable bonds is 3. The van der Waals surface area contributed by atoms with E-state index < -0.39 is 0 Å². The molecule has 1 atom stereocenters. The lowest BCUT2D eigenvalue weighted by Crippen LogP contribution is -2.42. The van der Waals surface area contributed by atoms with Gasteiger partial charge in [-0.05, 0) is 49.8 Å². The van der Waals surface area contributed by atoms with Gasteiger partial charge in [-0.1, -0.05) is 37.5 Å². The summed E-state index contributed by atoms with van der Waals surface area (Å²) >= 11 is 0. The third kappa shape index (κ3) is 2.71. The lowest BCUT2D eigenvalue weighted by atomic mass is 9.71. The number of amides is 1. The van der Waals surface area contributed by atoms with E-state index in [0.29, 0.717) is 13.0 Å². The van der Waals surface area contributed by atoms with Crippen molar-refractivity contribution in [3.63, 3.8) is 0 Å². The molecule has 1 aromatic rings. The fraction of sp³-hybridized carbons (Fsp3) is 0.611. The van der Waals surface area contributed by atoms with Crippen molar-refractivity contribution in [1.29, 1.82) is 0 Å². The molecule has 2 aliphatic rings. The molecule has 1 amide bonds. The summed E-state index contributed by atoms with van der Waals surface area (Å²) < 4.78 is 0. The Hall–Kier alpha value is -1.35. The van der Waals surface area contributed by atoms with E-state index in [1.165, 1.54) is 24.8 Å². The molecule has 0 bridgehead atoms. The molecule has 1 fully saturated rings. The minimum atomic E-state index is 0.0482. The molecule has 1 saturated carbocycles. The summed E-state index contributed by atoms with van der Waals surface area (Å²) in [5, 5.41) is 0. The highest BCUT2D eigenvalue weighted by Crippen LogP contribution is 2.40. The van der Waals surface area contributed by atoms with Crippen LogP contribution in [0.5, 0.6) is 0 Å². The Morgan fingerprint density at radius 3 is 2.71 bits per heavy atom. The molecule has 0 radical (unpaired) electrons. The molecular formula is C18H26N2O. The number of hydrogen-bond donors (Lipinski definition) is 1. The molecule has 1 aromatic carbocycles. The summed E-state index contributed by atoms with van der Waals surface area (Å²) in [6.45, 7) is 2.79. The number of nitrogens with zero attached hydrogens (tertiary/aromatic N) is 1. The summed E-state index contributed by atoms with van der Waals surface area (Å²) in [7, 11) is 0. The second-order valence-corrected chi connectivity index (χ2v) is 6.89. The van der Waals surface area contributed by atoms with Gasteiger partial charge in [0.15, 0.2) is 0 Å². The third-order valence-electron chi connectivity index (χ3n) is 5.35. The van der Waals surface area contributed by atoms with Gasteiger partial charge in [0, 0.05) is 18.2 Å². The zero-order chi connectivity index (χ0) is 14.9. The Morgan fingerprint density at radius 2 is 2.00 bits per heavy atom. The minimum Gasteiger partial charge on any atom is -0.330 e. The van der Waals surface area contributed by atoms with E-state index in [0.717, 1.165) is 24.9 Å². The Kier molecular flexibility index (Phi) is 4.03. The van der Waals surface area contributed by atoms with E-state index in [1.54, 1.807) is 0 Å². The zero-order valence-corrected chi connectivity index (χ0v) is 13.0. The highest BCUT2D eigenvalue weighted by atomic mass is 16.2. The molecule has 114 valence electrons. The maximum absolute atomic E-state index is 12.9. The van der Waals surface area contributed by atoms with Crippen molar-refractivity contribution in [3.05, 3.63) is 29.8 Å². The fourth-order valence-electron chi connectivity index (χ4n) is 4.11. The fourth-order valence-corrected chi connectivity index (χ4v) is 4.11. The molecular weight excluding hydrogens is 260 g/mol. The van der Waals surface area contributed by atoms with Crippen LogP contribution in [0, 0.1) is 5.41 Å². The largest absolute Gasteiger partial charge is 0.330 e. The summed E-state index contributed by atoms with van der Waals surface area (Å²) in [6.07, 6.45) is 7.53. The van der Waals surface area contributed by atoms with E-state index in [-0.39, 0.29) is 17.4 Å². The quantitative estimate of drug-likeness (QED) is 0.927. The van der Waals surface area contributed by atoms with Crippen LogP contribution in [0.2, 0.25) is 0 Å². The zero-order valence-electron chi connectivity index (χ0n) is 13.0. The first kappa shape index (κ1) is 14.6. The van der Waals surface area contributed by atoms with Crippen LogP contribution < -0.4 is 10.6 Å². The van der Waals surface area contributed by atoms with Gasteiger partial charge in [-0.25, -0.2) is 0 Å². The van der Waals surface area contributed by atoms with Crippen molar-refractivity contribution in [2.45, 2.75) is 57.9 Å². The summed E-state index contributed by atoms with van der Waals surface area (Å²) in [6, 6.07) is 8.57. The van der Waals surface area contributed by atoms with E-state index in [4.69, 9.17) is 5.73 Å². The number of benzene rings is 1. The Morgan fingerprint density at radius 1 is 1.29 bits per heavy atom. The molecule has 3 rings (SSSR count). The number of anilines is 1. The van der Waals surface area contributed by atoms with Crippen LogP contribution in [0.1, 0.15) is 51.0 Å². The number of nitrogens with two attached hydrogens (primary N) is 1. The van der Waals surface area contributed by atoms with Crippen molar-refractivity contribution in [2.24, 2.45) is 11.1 Å². The second kappa shape index (κ2) is 5.80. The highest BCUT2D eigenvalue weighted by Gasteiger charge is 2.37. The highest BCUT2D eigenvalue weighted by molar-refractivity contribution is 5.96. The first-order valence-corrected chi connectivity index (χ1v) is 8.25. The molecule has 1 aliphatic carbocycles. The topological polar surface area (TPSA) is 46.3 Å². The van der Waals surface area contributed by atoms with Gasteiger partial charge >= 0.3 is 0 Å². The van der Waals surface area contributed by atoms with Gasteiger partial charge in [0.25, 0.3) is 0 Å². The van der Waals surface area contributed by atoms with Crippen molar-refractivity contribution >= 4 is 11.6 Å². The van der Waals surface area contributed by atoms with E-state index in [2.05, 4.69) is 25.1 Å². The first-order chi connectivity index (χ1) is 10.2. The van der Waals surface area contributed by atoms with Crippen LogP contribution in [0.3, 0.4) is 0 Å². The normalized spacial score (nSPS) is 23.9. The van der Waals surface area contributed by atoms with Gasteiger partial charge in [-0.3, -0.25) is 4.79 Å². The first-order valence-electron chi connectivity index (χ1n) is 8.25. The van der Waals surface area contributed by atoms with Crippen molar-refractivity contribution in [1.82, 2.24) is 0 Å². The number of carbonyl (C=O) groups is 1. The smallest absolute Gasteiger partial charge is 0.227 e. The number of hydrogen-bond acceptors (Lipinski definition) is 2. The van der Waals surface area contributed by atoms with Gasteiger partial charge < -0.3 is 10.6 Å². The maximum Gasteiger partial charge on any atom is 0.227 e. The van der Waals surface area contributed by atoms with Gasteiger partial charge in [0.05, 0.1) is 0 Å². The predicted molar refractivity (Wildman–Crippen MR) is 86.3 cm³/mol. The molecule has 0 saturated heterocycles. The standard InChI is InChI=1S/C18H26N2O/c1-14-11-15-7-3-4-8-16(15)20(14)17(21)12-18(13-19)9-5-2-6-10-18/h3-4,7-8,14H,2,5-6,9-13,19H2,1H3. The van der Waals surface area contributed by atoms with Gasteiger partial charge in [-0.2, -0.15) is 0 Å². The average Bonchev–Trinajstić information content (AvgIpc) is 2.84. The molecule has 3 nitrogen and oxygen atoms in total. The van der Waals surface area contributed by atoms with E-state index >= 15 is 0 Å². The molecule has 1 unspecified atom stereocenters. The Labute approximate surface area is 127 Å². The van der Waals surface area contributed by atoms with Gasteiger partial charge in [0.2, 0.25) is 5.91 Å². The summed E-state index contributed by atoms with van der Waals surface area (Å²) in [5.41, 5.74) is 8.50. The number of fused-ring (bicyclic) bond motifs is 1. The lowest BCUT2D eigenvalue weighted by Gasteiger charge is -2.37. The molecule has 0 aromatic heterocycles. The monoisotopic (exact) mass is 286 g/mol. The number of para-hydroxylation sites is 1. The van der Waals surface area contributed by atoms with Crippen LogP contribution in [0.15, 0.2) is 24.3 Å². The van der Waals surface area contributed by atoms with E-state index in [9.17, 15) is 4.79 Å². The van der Waals surface area contributed by atoms with E-state index in [1.807, 2.05) is 11.0 Å². The Bertz CT molecular complexity index is 520. The van der Waals surface area contributed by atoms with Gasteiger partial charge in [0.1, 0.15) is 0 Å². The van der Waals surface area contributed by atoms with Crippen LogP contribution >= 0.6 is 0 Å². The SMILES string of the molecule is CC1Cc2ccccc2N1C(=O)CC1(CN)CCCCC1. The summed E-state index contributed by atoms with van der Waals surface area (Å²) in [5.74, 6) is 0.264. The molecule has 0 spiro atoms. The van der Waals surface area contributed by atoms with Crippen LogP contribution in [-0.4, -0.2) is 18.5 Å². The van der Waals surface area contributed by atoms with Crippen molar-refractivity contribution in [3.8, 4) is 0 Å². The molecule has 21 heavy (non-hydrogen) atoms. The average molecular weight is 286 g/mol. The Balaban J connectivity index is 1.79. The molecule has 1 aliphatic heterocycles. The number of carbonyl (C=O) groups excluding carboxylic acids is 1. The van der Waals surface area contributed by atoms with Crippen LogP contribution in [-0.2, 0) is 11.2 Å². The maximum atomic E-state index is 12.9. The summed E-state index contributed by atoms with van der Waals surface area (Å²) in [4.78, 5) is 14.9.